The van der Waals surface area contributed by atoms with Crippen LogP contribution >= 0.6 is 0 Å². The monoisotopic (exact) mass is 223 g/mol. The molecule has 1 heterocycles. The Bertz CT molecular complexity index is 331. The fourth-order valence-corrected chi connectivity index (χ4v) is 2.55. The van der Waals surface area contributed by atoms with Crippen LogP contribution in [0.5, 0.6) is 0 Å². The molecule has 1 saturated heterocycles. The zero-order chi connectivity index (χ0) is 11.7. The van der Waals surface area contributed by atoms with Gasteiger partial charge in [-0.3, -0.25) is 19.3 Å². The smallest absolute Gasteiger partial charge is 0.232 e. The lowest BCUT2D eigenvalue weighted by molar-refractivity contribution is -0.143. The summed E-state index contributed by atoms with van der Waals surface area (Å²) in [6.07, 6.45) is 4.29. The van der Waals surface area contributed by atoms with Gasteiger partial charge in [0.1, 0.15) is 0 Å². The average Bonchev–Trinajstić information content (AvgIpc) is 2.83. The van der Waals surface area contributed by atoms with Gasteiger partial charge in [-0.1, -0.05) is 19.8 Å². The quantitative estimate of drug-likeness (QED) is 0.674. The fraction of sp³-hybridized carbons (Fsp3) is 0.750. The molecule has 2 fully saturated rings. The van der Waals surface area contributed by atoms with Gasteiger partial charge in [-0.2, -0.15) is 0 Å². The van der Waals surface area contributed by atoms with Gasteiger partial charge < -0.3 is 0 Å². The van der Waals surface area contributed by atoms with Crippen LogP contribution in [0.4, 0.5) is 0 Å². The minimum absolute atomic E-state index is 0.00662. The number of hydrogen-bond donors (Lipinski definition) is 0. The Labute approximate surface area is 95.0 Å². The molecule has 4 nitrogen and oxygen atoms in total. The summed E-state index contributed by atoms with van der Waals surface area (Å²) in [5, 5.41) is 0. The predicted octanol–water partition coefficient (Wildman–Crippen LogP) is 1.14. The molecule has 0 aromatic rings. The molecular weight excluding hydrogens is 206 g/mol. The Morgan fingerprint density at radius 2 is 1.94 bits per heavy atom. The van der Waals surface area contributed by atoms with Crippen LogP contribution in [-0.2, 0) is 14.4 Å². The third kappa shape index (κ3) is 2.01. The van der Waals surface area contributed by atoms with Gasteiger partial charge in [-0.05, 0) is 12.8 Å². The van der Waals surface area contributed by atoms with Gasteiger partial charge in [0.25, 0.3) is 0 Å². The van der Waals surface area contributed by atoms with E-state index in [1.165, 1.54) is 0 Å². The summed E-state index contributed by atoms with van der Waals surface area (Å²) in [7, 11) is 0. The molecule has 1 aliphatic heterocycles. The van der Waals surface area contributed by atoms with Crippen LogP contribution in [0.15, 0.2) is 0 Å². The molecule has 2 amide bonds. The van der Waals surface area contributed by atoms with E-state index in [1.807, 2.05) is 0 Å². The van der Waals surface area contributed by atoms with E-state index in [1.54, 1.807) is 6.92 Å². The van der Waals surface area contributed by atoms with E-state index in [2.05, 4.69) is 0 Å². The summed E-state index contributed by atoms with van der Waals surface area (Å²) in [6, 6.07) is 0. The molecule has 1 saturated carbocycles. The van der Waals surface area contributed by atoms with Gasteiger partial charge in [0, 0.05) is 18.3 Å². The van der Waals surface area contributed by atoms with E-state index in [9.17, 15) is 14.4 Å². The lowest BCUT2D eigenvalue weighted by Gasteiger charge is -2.15. The van der Waals surface area contributed by atoms with Crippen LogP contribution in [-0.4, -0.2) is 29.0 Å². The molecule has 0 N–H and O–H groups in total. The number of ketones is 1. The molecule has 0 bridgehead atoms. The third-order valence-corrected chi connectivity index (χ3v) is 3.59. The second-order valence-electron chi connectivity index (χ2n) is 4.87. The second kappa shape index (κ2) is 4.36. The van der Waals surface area contributed by atoms with E-state index in [0.717, 1.165) is 30.6 Å². The zero-order valence-corrected chi connectivity index (χ0v) is 9.57. The highest BCUT2D eigenvalue weighted by Gasteiger charge is 2.37. The molecule has 0 radical (unpaired) electrons. The Hall–Kier alpha value is -1.19. The zero-order valence-electron chi connectivity index (χ0n) is 9.57. The van der Waals surface area contributed by atoms with Crippen molar-refractivity contribution in [2.24, 2.45) is 11.8 Å². The van der Waals surface area contributed by atoms with Crippen molar-refractivity contribution in [3.8, 4) is 0 Å². The Morgan fingerprint density at radius 1 is 1.31 bits per heavy atom. The van der Waals surface area contributed by atoms with Gasteiger partial charge >= 0.3 is 0 Å². The van der Waals surface area contributed by atoms with Gasteiger partial charge in [0.15, 0.2) is 5.78 Å². The average molecular weight is 223 g/mol. The molecule has 0 spiro atoms. The first kappa shape index (κ1) is 11.3. The van der Waals surface area contributed by atoms with E-state index in [-0.39, 0.29) is 42.4 Å². The van der Waals surface area contributed by atoms with Gasteiger partial charge in [-0.15, -0.1) is 0 Å². The SMILES string of the molecule is CC1CC(=O)N(CC(=O)C2CCCC2)C1=O. The van der Waals surface area contributed by atoms with Crippen molar-refractivity contribution in [3.05, 3.63) is 0 Å². The minimum Gasteiger partial charge on any atom is -0.297 e. The van der Waals surface area contributed by atoms with Crippen LogP contribution < -0.4 is 0 Å². The number of carbonyl (C=O) groups excluding carboxylic acids is 3. The number of hydrogen-bond acceptors (Lipinski definition) is 3. The summed E-state index contributed by atoms with van der Waals surface area (Å²) >= 11 is 0. The molecule has 1 unspecified atom stereocenters. The molecule has 4 heteroatoms. The maximum atomic E-state index is 11.9. The fourth-order valence-electron chi connectivity index (χ4n) is 2.55. The summed E-state index contributed by atoms with van der Waals surface area (Å²) in [4.78, 5) is 36.1. The van der Waals surface area contributed by atoms with Crippen LogP contribution in [0.1, 0.15) is 39.0 Å². The summed E-state index contributed by atoms with van der Waals surface area (Å²) in [5.74, 6) is -0.478. The highest BCUT2D eigenvalue weighted by Crippen LogP contribution is 2.27. The highest BCUT2D eigenvalue weighted by atomic mass is 16.2. The van der Waals surface area contributed by atoms with E-state index >= 15 is 0 Å². The van der Waals surface area contributed by atoms with Crippen molar-refractivity contribution in [3.63, 3.8) is 0 Å². The maximum Gasteiger partial charge on any atom is 0.232 e. The lowest BCUT2D eigenvalue weighted by Crippen LogP contribution is -2.37. The van der Waals surface area contributed by atoms with E-state index < -0.39 is 0 Å². The number of amides is 2. The number of carbonyl (C=O) groups is 3. The maximum absolute atomic E-state index is 11.9. The topological polar surface area (TPSA) is 54.5 Å². The molecular formula is C12H17NO3. The second-order valence-corrected chi connectivity index (χ2v) is 4.87. The first-order valence-electron chi connectivity index (χ1n) is 5.96. The van der Waals surface area contributed by atoms with E-state index in [0.29, 0.717) is 0 Å². The number of imide groups is 1. The standard InChI is InChI=1S/C12H17NO3/c1-8-6-11(15)13(12(8)16)7-10(14)9-4-2-3-5-9/h8-9H,2-7H2,1H3. The third-order valence-electron chi connectivity index (χ3n) is 3.59. The predicted molar refractivity (Wildman–Crippen MR) is 57.5 cm³/mol. The molecule has 16 heavy (non-hydrogen) atoms. The molecule has 1 aliphatic carbocycles. The van der Waals surface area contributed by atoms with Gasteiger partial charge in [0.05, 0.1) is 6.54 Å². The Morgan fingerprint density at radius 3 is 2.44 bits per heavy atom. The minimum atomic E-state index is -0.246. The Kier molecular flexibility index (Phi) is 3.08. The number of rotatable bonds is 3. The molecule has 1 atom stereocenters. The highest BCUT2D eigenvalue weighted by molar-refractivity contribution is 6.06. The summed E-state index contributed by atoms with van der Waals surface area (Å²) in [6.45, 7) is 1.74. The van der Waals surface area contributed by atoms with Crippen LogP contribution in [0.25, 0.3) is 0 Å². The van der Waals surface area contributed by atoms with E-state index in [4.69, 9.17) is 0 Å². The van der Waals surface area contributed by atoms with Crippen molar-refractivity contribution in [2.45, 2.75) is 39.0 Å². The molecule has 0 aromatic heterocycles. The lowest BCUT2D eigenvalue weighted by atomic mass is 10.0. The van der Waals surface area contributed by atoms with Gasteiger partial charge in [0.2, 0.25) is 11.8 Å². The van der Waals surface area contributed by atoms with Crippen molar-refractivity contribution in [2.75, 3.05) is 6.54 Å². The molecule has 2 rings (SSSR count). The van der Waals surface area contributed by atoms with Crippen molar-refractivity contribution >= 4 is 17.6 Å². The van der Waals surface area contributed by atoms with Crippen LogP contribution in [0.2, 0.25) is 0 Å². The number of likely N-dealkylation sites (tertiary alicyclic amines) is 1. The Balaban J connectivity index is 1.96. The summed E-state index contributed by atoms with van der Waals surface area (Å²) in [5.41, 5.74) is 0. The number of Topliss-reactive ketones (excluding diaryl/α,β-unsaturated/α-hetero) is 1. The molecule has 0 aromatic carbocycles. The van der Waals surface area contributed by atoms with Gasteiger partial charge in [-0.25, -0.2) is 0 Å². The van der Waals surface area contributed by atoms with Crippen molar-refractivity contribution < 1.29 is 14.4 Å². The van der Waals surface area contributed by atoms with Crippen molar-refractivity contribution in [1.29, 1.82) is 0 Å². The first-order chi connectivity index (χ1) is 7.59. The first-order valence-corrected chi connectivity index (χ1v) is 5.96. The molecule has 88 valence electrons. The normalized spacial score (nSPS) is 26.8. The summed E-state index contributed by atoms with van der Waals surface area (Å²) < 4.78 is 0. The number of nitrogens with zero attached hydrogens (tertiary/aromatic N) is 1. The van der Waals surface area contributed by atoms with Crippen LogP contribution in [0.3, 0.4) is 0 Å². The molecule has 2 aliphatic rings. The van der Waals surface area contributed by atoms with Crippen LogP contribution in [0, 0.1) is 11.8 Å². The largest absolute Gasteiger partial charge is 0.297 e. The van der Waals surface area contributed by atoms with Crippen molar-refractivity contribution in [1.82, 2.24) is 4.90 Å².